The molecule has 0 aromatic carbocycles. The Bertz CT molecular complexity index is 225. The lowest BCUT2D eigenvalue weighted by Crippen LogP contribution is -2.49. The molecule has 0 saturated carbocycles. The minimum atomic E-state index is 0.699. The summed E-state index contributed by atoms with van der Waals surface area (Å²) in [5, 5.41) is 3.87. The molecule has 2 heterocycles. The van der Waals surface area contributed by atoms with Gasteiger partial charge in [0, 0.05) is 24.2 Å². The molecule has 2 rings (SSSR count). The van der Waals surface area contributed by atoms with Crippen molar-refractivity contribution in [1.82, 2.24) is 10.2 Å². The molecule has 1 N–H and O–H groups in total. The first-order valence-electron chi connectivity index (χ1n) is 7.54. The van der Waals surface area contributed by atoms with Crippen LogP contribution in [0.1, 0.15) is 59.3 Å². The van der Waals surface area contributed by atoms with Crippen molar-refractivity contribution in [2.45, 2.75) is 83.5 Å². The molecule has 0 radical (unpaired) electrons. The van der Waals surface area contributed by atoms with Crippen molar-refractivity contribution in [2.75, 3.05) is 7.05 Å². The molecule has 2 aliphatic rings. The SMILES string of the molecule is CC(C)CCC(C)NC1CC2CCC(C1)N2C. The van der Waals surface area contributed by atoms with Gasteiger partial charge in [-0.15, -0.1) is 0 Å². The molecule has 2 heteroatoms. The molecular weight excluding hydrogens is 208 g/mol. The van der Waals surface area contributed by atoms with Crippen LogP contribution in [0.3, 0.4) is 0 Å². The number of nitrogens with zero attached hydrogens (tertiary/aromatic N) is 1. The van der Waals surface area contributed by atoms with Gasteiger partial charge < -0.3 is 10.2 Å². The second-order valence-corrected chi connectivity index (χ2v) is 6.76. The number of hydrogen-bond donors (Lipinski definition) is 1. The van der Waals surface area contributed by atoms with Crippen molar-refractivity contribution in [1.29, 1.82) is 0 Å². The number of nitrogens with one attached hydrogen (secondary N) is 1. The number of rotatable bonds is 5. The van der Waals surface area contributed by atoms with Gasteiger partial charge in [-0.3, -0.25) is 0 Å². The summed E-state index contributed by atoms with van der Waals surface area (Å²) in [5.74, 6) is 0.841. The van der Waals surface area contributed by atoms with E-state index in [2.05, 4.69) is 38.0 Å². The molecule has 2 fully saturated rings. The van der Waals surface area contributed by atoms with Crippen LogP contribution < -0.4 is 5.32 Å². The van der Waals surface area contributed by atoms with Crippen LogP contribution in [0, 0.1) is 5.92 Å². The van der Waals surface area contributed by atoms with Gasteiger partial charge >= 0.3 is 0 Å². The average molecular weight is 238 g/mol. The van der Waals surface area contributed by atoms with E-state index in [9.17, 15) is 0 Å². The van der Waals surface area contributed by atoms with Gasteiger partial charge in [0.2, 0.25) is 0 Å². The smallest absolute Gasteiger partial charge is 0.0111 e. The molecular formula is C15H30N2. The van der Waals surface area contributed by atoms with Crippen molar-refractivity contribution >= 4 is 0 Å². The zero-order valence-electron chi connectivity index (χ0n) is 12.1. The molecule has 3 unspecified atom stereocenters. The third kappa shape index (κ3) is 3.45. The van der Waals surface area contributed by atoms with Crippen molar-refractivity contribution in [3.63, 3.8) is 0 Å². The van der Waals surface area contributed by atoms with Crippen LogP contribution in [0.2, 0.25) is 0 Å². The minimum absolute atomic E-state index is 0.699. The van der Waals surface area contributed by atoms with Gasteiger partial charge in [0.15, 0.2) is 0 Å². The highest BCUT2D eigenvalue weighted by Gasteiger charge is 2.38. The van der Waals surface area contributed by atoms with Crippen molar-refractivity contribution in [3.05, 3.63) is 0 Å². The van der Waals surface area contributed by atoms with E-state index >= 15 is 0 Å². The Hall–Kier alpha value is -0.0800. The lowest BCUT2D eigenvalue weighted by atomic mass is 9.96. The van der Waals surface area contributed by atoms with E-state index in [1.807, 2.05) is 0 Å². The zero-order chi connectivity index (χ0) is 12.4. The number of fused-ring (bicyclic) bond motifs is 2. The van der Waals surface area contributed by atoms with E-state index in [1.54, 1.807) is 0 Å². The summed E-state index contributed by atoms with van der Waals surface area (Å²) in [6, 6.07) is 3.21. The maximum atomic E-state index is 3.87. The summed E-state index contributed by atoms with van der Waals surface area (Å²) in [4.78, 5) is 2.62. The topological polar surface area (TPSA) is 15.3 Å². The van der Waals surface area contributed by atoms with Gasteiger partial charge in [0.05, 0.1) is 0 Å². The van der Waals surface area contributed by atoms with Crippen LogP contribution in [-0.4, -0.2) is 36.1 Å². The van der Waals surface area contributed by atoms with Crippen molar-refractivity contribution in [3.8, 4) is 0 Å². The number of hydrogen-bond acceptors (Lipinski definition) is 2. The van der Waals surface area contributed by atoms with Crippen LogP contribution in [-0.2, 0) is 0 Å². The van der Waals surface area contributed by atoms with Crippen LogP contribution in [0.15, 0.2) is 0 Å². The van der Waals surface area contributed by atoms with Gasteiger partial charge in [-0.05, 0) is 58.4 Å². The highest BCUT2D eigenvalue weighted by atomic mass is 15.2. The van der Waals surface area contributed by atoms with E-state index in [0.717, 1.165) is 24.0 Å². The summed E-state index contributed by atoms with van der Waals surface area (Å²) in [7, 11) is 2.32. The van der Waals surface area contributed by atoms with Gasteiger partial charge in [-0.2, -0.15) is 0 Å². The van der Waals surface area contributed by atoms with Crippen molar-refractivity contribution in [2.24, 2.45) is 5.92 Å². The van der Waals surface area contributed by atoms with Gasteiger partial charge in [-0.1, -0.05) is 13.8 Å². The summed E-state index contributed by atoms with van der Waals surface area (Å²) in [6.45, 7) is 7.01. The highest BCUT2D eigenvalue weighted by Crippen LogP contribution is 2.34. The molecule has 2 bridgehead atoms. The summed E-state index contributed by atoms with van der Waals surface area (Å²) in [6.07, 6.45) is 8.30. The van der Waals surface area contributed by atoms with Crippen LogP contribution in [0.25, 0.3) is 0 Å². The fraction of sp³-hybridized carbons (Fsp3) is 1.00. The third-order valence-corrected chi connectivity index (χ3v) is 4.80. The lowest BCUT2D eigenvalue weighted by molar-refractivity contribution is 0.143. The Kier molecular flexibility index (Phi) is 4.48. The Balaban J connectivity index is 1.73. The Labute approximate surface area is 107 Å². The average Bonchev–Trinajstić information content (AvgIpc) is 2.52. The van der Waals surface area contributed by atoms with E-state index < -0.39 is 0 Å². The zero-order valence-corrected chi connectivity index (χ0v) is 12.1. The standard InChI is InChI=1S/C15H30N2/c1-11(2)5-6-12(3)16-13-9-14-7-8-15(10-13)17(14)4/h11-16H,5-10H2,1-4H3. The number of piperidine rings is 1. The first-order chi connectivity index (χ1) is 8.06. The Morgan fingerprint density at radius 1 is 1.06 bits per heavy atom. The maximum absolute atomic E-state index is 3.87. The molecule has 0 spiro atoms. The quantitative estimate of drug-likeness (QED) is 0.792. The van der Waals surface area contributed by atoms with Crippen LogP contribution >= 0.6 is 0 Å². The molecule has 2 saturated heterocycles. The first kappa shape index (κ1) is 13.4. The lowest BCUT2D eigenvalue weighted by Gasteiger charge is -2.38. The van der Waals surface area contributed by atoms with Gasteiger partial charge in [0.1, 0.15) is 0 Å². The highest BCUT2D eigenvalue weighted by molar-refractivity contribution is 4.96. The minimum Gasteiger partial charge on any atom is -0.311 e. The largest absolute Gasteiger partial charge is 0.311 e. The predicted octanol–water partition coefficient (Wildman–Crippen LogP) is 3.03. The molecule has 2 nitrogen and oxygen atoms in total. The van der Waals surface area contributed by atoms with Crippen molar-refractivity contribution < 1.29 is 0 Å². The van der Waals surface area contributed by atoms with E-state index in [4.69, 9.17) is 0 Å². The van der Waals surface area contributed by atoms with Crippen LogP contribution in [0.5, 0.6) is 0 Å². The molecule has 17 heavy (non-hydrogen) atoms. The predicted molar refractivity (Wildman–Crippen MR) is 74.3 cm³/mol. The second-order valence-electron chi connectivity index (χ2n) is 6.76. The molecule has 0 aromatic heterocycles. The van der Waals surface area contributed by atoms with E-state index in [-0.39, 0.29) is 0 Å². The molecule has 0 amide bonds. The molecule has 0 aromatic rings. The summed E-state index contributed by atoms with van der Waals surface area (Å²) in [5.41, 5.74) is 0. The summed E-state index contributed by atoms with van der Waals surface area (Å²) < 4.78 is 0. The maximum Gasteiger partial charge on any atom is 0.0111 e. The summed E-state index contributed by atoms with van der Waals surface area (Å²) >= 11 is 0. The van der Waals surface area contributed by atoms with E-state index in [0.29, 0.717) is 6.04 Å². The first-order valence-corrected chi connectivity index (χ1v) is 7.54. The second kappa shape index (κ2) is 5.71. The monoisotopic (exact) mass is 238 g/mol. The normalized spacial score (nSPS) is 35.5. The Morgan fingerprint density at radius 2 is 1.65 bits per heavy atom. The third-order valence-electron chi connectivity index (χ3n) is 4.80. The molecule has 0 aliphatic carbocycles. The van der Waals surface area contributed by atoms with Crippen LogP contribution in [0.4, 0.5) is 0 Å². The molecule has 100 valence electrons. The fourth-order valence-electron chi connectivity index (χ4n) is 3.62. The molecule has 3 atom stereocenters. The fourth-order valence-corrected chi connectivity index (χ4v) is 3.62. The van der Waals surface area contributed by atoms with E-state index in [1.165, 1.54) is 38.5 Å². The van der Waals surface area contributed by atoms with Gasteiger partial charge in [-0.25, -0.2) is 0 Å². The van der Waals surface area contributed by atoms with Gasteiger partial charge in [0.25, 0.3) is 0 Å². The Morgan fingerprint density at radius 3 is 2.18 bits per heavy atom. The molecule has 2 aliphatic heterocycles.